The number of hydrogen-bond donors (Lipinski definition) is 5. The van der Waals surface area contributed by atoms with E-state index in [1.54, 1.807) is 0 Å². The molecule has 0 saturated carbocycles. The maximum atomic E-state index is 9.51. The van der Waals surface area contributed by atoms with E-state index in [-0.39, 0.29) is 6.61 Å². The summed E-state index contributed by atoms with van der Waals surface area (Å²) in [5, 5.41) is 45.9. The molecule has 6 atom stereocenters. The van der Waals surface area contributed by atoms with Gasteiger partial charge in [0.1, 0.15) is 24.4 Å². The van der Waals surface area contributed by atoms with Crippen LogP contribution in [0.3, 0.4) is 0 Å². The Bertz CT molecular complexity index is 212. The molecule has 0 aromatic carbocycles. The fraction of sp³-hybridized carbons (Fsp3) is 1.00. The first-order valence-electron chi connectivity index (χ1n) is 5.07. The van der Waals surface area contributed by atoms with Crippen LogP contribution in [0, 0.1) is 0 Å². The van der Waals surface area contributed by atoms with Crippen LogP contribution in [0.2, 0.25) is 0 Å². The van der Waals surface area contributed by atoms with Crippen molar-refractivity contribution in [3.63, 3.8) is 0 Å². The van der Waals surface area contributed by atoms with Gasteiger partial charge in [0, 0.05) is 0 Å². The second kappa shape index (κ2) is 5.87. The highest BCUT2D eigenvalue weighted by atomic mass is 16.7. The van der Waals surface area contributed by atoms with Crippen LogP contribution in [0.5, 0.6) is 0 Å². The Morgan fingerprint density at radius 3 is 2.38 bits per heavy atom. The molecule has 0 bridgehead atoms. The third-order valence-corrected chi connectivity index (χ3v) is 2.47. The Balaban J connectivity index is 2.47. The average molecular weight is 238 g/mol. The second-order valence-electron chi connectivity index (χ2n) is 3.85. The van der Waals surface area contributed by atoms with E-state index in [2.05, 4.69) is 0 Å². The van der Waals surface area contributed by atoms with E-state index in [9.17, 15) is 15.3 Å². The topological polar surface area (TPSA) is 120 Å². The molecule has 96 valence electrons. The zero-order valence-corrected chi connectivity index (χ0v) is 8.93. The number of hydrogen-bond acceptors (Lipinski definition) is 7. The van der Waals surface area contributed by atoms with E-state index in [1.165, 1.54) is 6.92 Å². The second-order valence-corrected chi connectivity index (χ2v) is 3.85. The summed E-state index contributed by atoms with van der Waals surface area (Å²) < 4.78 is 10.1. The van der Waals surface area contributed by atoms with Crippen molar-refractivity contribution in [2.75, 3.05) is 13.2 Å². The molecule has 1 fully saturated rings. The Hall–Kier alpha value is -0.280. The summed E-state index contributed by atoms with van der Waals surface area (Å²) in [7, 11) is 0. The molecule has 7 heteroatoms. The number of ether oxygens (including phenoxy) is 2. The lowest BCUT2D eigenvalue weighted by atomic mass is 10.0. The minimum absolute atomic E-state index is 0.228. The monoisotopic (exact) mass is 238 g/mol. The van der Waals surface area contributed by atoms with Gasteiger partial charge in [-0.25, -0.2) is 0 Å². The van der Waals surface area contributed by atoms with Gasteiger partial charge in [-0.3, -0.25) is 0 Å². The maximum absolute atomic E-state index is 9.51. The lowest BCUT2D eigenvalue weighted by molar-refractivity contribution is -0.297. The highest BCUT2D eigenvalue weighted by molar-refractivity contribution is 4.87. The molecule has 0 unspecified atom stereocenters. The Morgan fingerprint density at radius 2 is 1.81 bits per heavy atom. The van der Waals surface area contributed by atoms with Crippen LogP contribution in [-0.2, 0) is 9.47 Å². The van der Waals surface area contributed by atoms with Crippen molar-refractivity contribution in [1.29, 1.82) is 0 Å². The minimum atomic E-state index is -1.39. The molecule has 0 spiro atoms. The van der Waals surface area contributed by atoms with E-state index < -0.39 is 43.4 Å². The molecule has 0 radical (unpaired) electrons. The van der Waals surface area contributed by atoms with Crippen LogP contribution in [0.1, 0.15) is 6.92 Å². The zero-order valence-electron chi connectivity index (χ0n) is 8.93. The first-order valence-corrected chi connectivity index (χ1v) is 5.07. The first-order chi connectivity index (χ1) is 7.47. The van der Waals surface area contributed by atoms with Gasteiger partial charge in [0.15, 0.2) is 6.29 Å². The third kappa shape index (κ3) is 3.11. The van der Waals surface area contributed by atoms with Crippen LogP contribution < -0.4 is 0 Å². The minimum Gasteiger partial charge on any atom is -0.394 e. The van der Waals surface area contributed by atoms with Gasteiger partial charge in [-0.05, 0) is 6.92 Å². The van der Waals surface area contributed by atoms with Crippen molar-refractivity contribution in [1.82, 2.24) is 0 Å². The molecule has 1 saturated heterocycles. The van der Waals surface area contributed by atoms with E-state index >= 15 is 0 Å². The highest BCUT2D eigenvalue weighted by Crippen LogP contribution is 2.21. The Labute approximate surface area is 92.9 Å². The zero-order chi connectivity index (χ0) is 12.3. The predicted molar refractivity (Wildman–Crippen MR) is 51.4 cm³/mol. The first kappa shape index (κ1) is 13.8. The van der Waals surface area contributed by atoms with Gasteiger partial charge in [-0.15, -0.1) is 0 Å². The molecule has 1 heterocycles. The van der Waals surface area contributed by atoms with Crippen molar-refractivity contribution in [3.8, 4) is 0 Å². The lowest BCUT2D eigenvalue weighted by Crippen LogP contribution is -2.57. The quantitative estimate of drug-likeness (QED) is 0.358. The molecule has 0 amide bonds. The van der Waals surface area contributed by atoms with Gasteiger partial charge in [-0.1, -0.05) is 0 Å². The summed E-state index contributed by atoms with van der Waals surface area (Å²) in [4.78, 5) is 0. The molecule has 1 rings (SSSR count). The van der Waals surface area contributed by atoms with Crippen molar-refractivity contribution in [2.24, 2.45) is 0 Å². The summed E-state index contributed by atoms with van der Waals surface area (Å²) in [5.41, 5.74) is 0. The fourth-order valence-corrected chi connectivity index (χ4v) is 1.41. The summed E-state index contributed by atoms with van der Waals surface area (Å²) in [5.74, 6) is 0. The molecule has 5 N–H and O–H groups in total. The Kier molecular flexibility index (Phi) is 5.06. The lowest BCUT2D eigenvalue weighted by Gasteiger charge is -2.39. The van der Waals surface area contributed by atoms with Gasteiger partial charge in [0.2, 0.25) is 0 Å². The van der Waals surface area contributed by atoms with Crippen molar-refractivity contribution >= 4 is 0 Å². The number of aliphatic hydroxyl groups excluding tert-OH is 5. The molecule has 0 aromatic rings. The highest BCUT2D eigenvalue weighted by Gasteiger charge is 2.42. The van der Waals surface area contributed by atoms with Crippen molar-refractivity contribution in [3.05, 3.63) is 0 Å². The molecule has 16 heavy (non-hydrogen) atoms. The van der Waals surface area contributed by atoms with Crippen LogP contribution in [-0.4, -0.2) is 75.6 Å². The molecule has 1 aliphatic heterocycles. The normalized spacial score (nSPS) is 42.0. The average Bonchev–Trinajstić information content (AvgIpc) is 2.28. The van der Waals surface area contributed by atoms with Crippen LogP contribution >= 0.6 is 0 Å². The standard InChI is InChI=1S/C9H18O7/c1-4-6(12)7(13)8(14)9(16-4)15-3-5(11)2-10/h4-14H,2-3H2,1H3/t4-,5-,6+,7+,8-,9+/m0/s1. The third-order valence-electron chi connectivity index (χ3n) is 2.47. The summed E-state index contributed by atoms with van der Waals surface area (Å²) in [6.45, 7) is 0.829. The van der Waals surface area contributed by atoms with Gasteiger partial charge in [-0.2, -0.15) is 0 Å². The fourth-order valence-electron chi connectivity index (χ4n) is 1.41. The van der Waals surface area contributed by atoms with E-state index in [1.807, 2.05) is 0 Å². The predicted octanol–water partition coefficient (Wildman–Crippen LogP) is -2.82. The maximum Gasteiger partial charge on any atom is 0.186 e. The van der Waals surface area contributed by atoms with Crippen molar-refractivity contribution in [2.45, 2.75) is 43.7 Å². The Morgan fingerprint density at radius 1 is 1.19 bits per heavy atom. The van der Waals surface area contributed by atoms with Crippen LogP contribution in [0.25, 0.3) is 0 Å². The van der Waals surface area contributed by atoms with Gasteiger partial charge in [0.05, 0.1) is 19.3 Å². The summed E-state index contributed by atoms with van der Waals surface area (Å²) >= 11 is 0. The smallest absolute Gasteiger partial charge is 0.186 e. The van der Waals surface area contributed by atoms with Gasteiger partial charge >= 0.3 is 0 Å². The van der Waals surface area contributed by atoms with Crippen molar-refractivity contribution < 1.29 is 35.0 Å². The number of rotatable bonds is 4. The van der Waals surface area contributed by atoms with E-state index in [0.29, 0.717) is 0 Å². The van der Waals surface area contributed by atoms with Crippen LogP contribution in [0.15, 0.2) is 0 Å². The SMILES string of the molecule is C[C@@H]1O[C@@H](OC[C@@H](O)CO)[C@@H](O)[C@H](O)[C@@H]1O. The largest absolute Gasteiger partial charge is 0.394 e. The summed E-state index contributed by atoms with van der Waals surface area (Å²) in [6.07, 6.45) is -6.82. The molecule has 0 aliphatic carbocycles. The van der Waals surface area contributed by atoms with Crippen LogP contribution in [0.4, 0.5) is 0 Å². The molecular formula is C9H18O7. The van der Waals surface area contributed by atoms with Gasteiger partial charge < -0.3 is 35.0 Å². The molecule has 1 aliphatic rings. The number of aliphatic hydroxyl groups is 5. The summed E-state index contributed by atoms with van der Waals surface area (Å²) in [6, 6.07) is 0. The molecule has 0 aromatic heterocycles. The van der Waals surface area contributed by atoms with E-state index in [0.717, 1.165) is 0 Å². The van der Waals surface area contributed by atoms with Gasteiger partial charge in [0.25, 0.3) is 0 Å². The molecule has 7 nitrogen and oxygen atoms in total. The van der Waals surface area contributed by atoms with E-state index in [4.69, 9.17) is 19.7 Å². The molecular weight excluding hydrogens is 220 g/mol.